The van der Waals surface area contributed by atoms with Gasteiger partial charge in [0.2, 0.25) is 0 Å². The van der Waals surface area contributed by atoms with Crippen molar-refractivity contribution in [3.8, 4) is 0 Å². The van der Waals surface area contributed by atoms with E-state index in [1.54, 1.807) is 6.92 Å². The zero-order valence-electron chi connectivity index (χ0n) is 13.4. The van der Waals surface area contributed by atoms with E-state index in [0.717, 1.165) is 25.0 Å². The van der Waals surface area contributed by atoms with Gasteiger partial charge in [-0.2, -0.15) is 0 Å². The van der Waals surface area contributed by atoms with Gasteiger partial charge in [0.15, 0.2) is 0 Å². The van der Waals surface area contributed by atoms with Crippen LogP contribution in [0.5, 0.6) is 0 Å². The van der Waals surface area contributed by atoms with Gasteiger partial charge in [0.05, 0.1) is 11.5 Å². The molecule has 3 atom stereocenters. The first-order chi connectivity index (χ1) is 11.3. The fourth-order valence-electron chi connectivity index (χ4n) is 4.00. The van der Waals surface area contributed by atoms with Crippen LogP contribution < -0.4 is 5.32 Å². The third-order valence-electron chi connectivity index (χ3n) is 5.35. The van der Waals surface area contributed by atoms with E-state index in [1.807, 2.05) is 0 Å². The van der Waals surface area contributed by atoms with Crippen molar-refractivity contribution in [3.05, 3.63) is 35.4 Å². The van der Waals surface area contributed by atoms with Gasteiger partial charge in [-0.3, -0.25) is 4.79 Å². The summed E-state index contributed by atoms with van der Waals surface area (Å²) in [5, 5.41) is 12.2. The highest BCUT2D eigenvalue weighted by molar-refractivity contribution is 5.80. The topological polar surface area (TPSA) is 69.6 Å². The molecule has 2 aliphatic rings. The first-order valence-corrected chi connectivity index (χ1v) is 8.07. The van der Waals surface area contributed by atoms with Crippen LogP contribution in [0.2, 0.25) is 0 Å². The maximum absolute atomic E-state index is 13.8. The maximum Gasteiger partial charge on any atom is 0.317 e. The van der Waals surface area contributed by atoms with Crippen LogP contribution in [0, 0.1) is 23.0 Å². The molecule has 1 aliphatic carbocycles. The number of likely N-dealkylation sites (tertiary alicyclic amines) is 1. The fraction of sp³-hybridized carbons (Fsp3) is 0.529. The molecule has 0 radical (unpaired) electrons. The minimum atomic E-state index is -0.849. The number of rotatable bonds is 3. The van der Waals surface area contributed by atoms with Gasteiger partial charge < -0.3 is 15.3 Å². The van der Waals surface area contributed by atoms with E-state index < -0.39 is 35.1 Å². The molecule has 3 rings (SSSR count). The smallest absolute Gasteiger partial charge is 0.317 e. The van der Waals surface area contributed by atoms with Crippen molar-refractivity contribution in [1.82, 2.24) is 10.2 Å². The van der Waals surface area contributed by atoms with Gasteiger partial charge in [-0.25, -0.2) is 13.6 Å². The van der Waals surface area contributed by atoms with E-state index in [0.29, 0.717) is 13.0 Å². The lowest BCUT2D eigenvalue weighted by Crippen LogP contribution is -2.42. The van der Waals surface area contributed by atoms with Gasteiger partial charge >= 0.3 is 12.0 Å². The number of urea groups is 1. The zero-order chi connectivity index (χ0) is 17.5. The Balaban J connectivity index is 1.69. The number of carboxylic acids is 1. The molecule has 0 aromatic heterocycles. The van der Waals surface area contributed by atoms with Gasteiger partial charge in [0, 0.05) is 24.7 Å². The Labute approximate surface area is 138 Å². The van der Waals surface area contributed by atoms with Crippen molar-refractivity contribution in [2.24, 2.45) is 11.3 Å². The van der Waals surface area contributed by atoms with Gasteiger partial charge in [-0.05, 0) is 31.7 Å². The molecule has 1 aromatic carbocycles. The third kappa shape index (κ3) is 2.72. The Hall–Kier alpha value is -2.18. The summed E-state index contributed by atoms with van der Waals surface area (Å²) in [5.74, 6) is -2.27. The van der Waals surface area contributed by atoms with E-state index in [-0.39, 0.29) is 18.0 Å². The molecule has 24 heavy (non-hydrogen) atoms. The number of fused-ring (bicyclic) bond motifs is 1. The van der Waals surface area contributed by atoms with E-state index in [4.69, 9.17) is 0 Å². The lowest BCUT2D eigenvalue weighted by molar-refractivity contribution is -0.149. The highest BCUT2D eigenvalue weighted by Gasteiger charge is 2.55. The average molecular weight is 338 g/mol. The number of amides is 2. The highest BCUT2D eigenvalue weighted by atomic mass is 19.1. The Morgan fingerprint density at radius 2 is 2.17 bits per heavy atom. The molecule has 130 valence electrons. The normalized spacial score (nSPS) is 27.0. The summed E-state index contributed by atoms with van der Waals surface area (Å²) in [4.78, 5) is 25.6. The van der Waals surface area contributed by atoms with Crippen molar-refractivity contribution in [2.75, 3.05) is 13.1 Å². The molecular formula is C17H20F2N2O3. The summed E-state index contributed by atoms with van der Waals surface area (Å²) in [6, 6.07) is 2.16. The number of hydrogen-bond acceptors (Lipinski definition) is 2. The first-order valence-electron chi connectivity index (χ1n) is 8.07. The molecule has 1 unspecified atom stereocenters. The third-order valence-corrected chi connectivity index (χ3v) is 5.35. The Morgan fingerprint density at radius 3 is 2.79 bits per heavy atom. The summed E-state index contributed by atoms with van der Waals surface area (Å²) >= 11 is 0. The van der Waals surface area contributed by atoms with Crippen LogP contribution in [0.4, 0.5) is 13.6 Å². The second-order valence-electron chi connectivity index (χ2n) is 6.77. The zero-order valence-corrected chi connectivity index (χ0v) is 13.4. The molecule has 1 aliphatic heterocycles. The lowest BCUT2D eigenvalue weighted by atomic mass is 9.81. The summed E-state index contributed by atoms with van der Waals surface area (Å²) in [7, 11) is 0. The lowest BCUT2D eigenvalue weighted by Gasteiger charge is -2.24. The highest BCUT2D eigenvalue weighted by Crippen LogP contribution is 2.48. The van der Waals surface area contributed by atoms with Crippen molar-refractivity contribution in [1.29, 1.82) is 0 Å². The van der Waals surface area contributed by atoms with Gasteiger partial charge in [-0.1, -0.05) is 12.5 Å². The van der Waals surface area contributed by atoms with Crippen molar-refractivity contribution >= 4 is 12.0 Å². The maximum atomic E-state index is 13.8. The number of benzene rings is 1. The van der Waals surface area contributed by atoms with Crippen LogP contribution >= 0.6 is 0 Å². The van der Waals surface area contributed by atoms with Gasteiger partial charge in [-0.15, -0.1) is 0 Å². The number of carbonyl (C=O) groups excluding carboxylic acids is 1. The predicted octanol–water partition coefficient (Wildman–Crippen LogP) is 2.92. The van der Waals surface area contributed by atoms with Crippen LogP contribution in [0.3, 0.4) is 0 Å². The number of hydrogen-bond donors (Lipinski definition) is 2. The number of nitrogens with zero attached hydrogens (tertiary/aromatic N) is 1. The molecule has 5 nitrogen and oxygen atoms in total. The molecule has 1 heterocycles. The number of carboxylic acid groups (broad SMARTS) is 1. The second kappa shape index (κ2) is 6.03. The quantitative estimate of drug-likeness (QED) is 0.890. The molecule has 0 spiro atoms. The van der Waals surface area contributed by atoms with Crippen LogP contribution in [-0.4, -0.2) is 35.1 Å². The number of aliphatic carboxylic acids is 1. The minimum Gasteiger partial charge on any atom is -0.481 e. The average Bonchev–Trinajstić information content (AvgIpc) is 3.04. The summed E-state index contributed by atoms with van der Waals surface area (Å²) in [6.07, 6.45) is 2.25. The van der Waals surface area contributed by atoms with Crippen LogP contribution in [0.25, 0.3) is 0 Å². The van der Waals surface area contributed by atoms with Crippen molar-refractivity contribution in [3.63, 3.8) is 0 Å². The molecule has 0 bridgehead atoms. The van der Waals surface area contributed by atoms with Gasteiger partial charge in [0.25, 0.3) is 0 Å². The molecule has 2 amide bonds. The molecule has 1 saturated heterocycles. The van der Waals surface area contributed by atoms with E-state index in [9.17, 15) is 23.5 Å². The van der Waals surface area contributed by atoms with Crippen molar-refractivity contribution < 1.29 is 23.5 Å². The molecular weight excluding hydrogens is 318 g/mol. The Morgan fingerprint density at radius 1 is 1.42 bits per heavy atom. The summed E-state index contributed by atoms with van der Waals surface area (Å²) in [6.45, 7) is 2.19. The molecule has 1 saturated carbocycles. The standard InChI is InChI=1S/C17H20F2N2O3/c1-10(13-5-4-12(18)7-14(13)19)20-16(24)21-8-11-3-2-6-17(11,9-21)15(22)23/h4-5,7,10-11H,2-3,6,8-9H2,1H3,(H,20,24)(H,22,23)/t10?,11-,17+/m0/s1. The minimum absolute atomic E-state index is 0.0291. The van der Waals surface area contributed by atoms with Crippen LogP contribution in [0.1, 0.15) is 37.8 Å². The van der Waals surface area contributed by atoms with E-state index >= 15 is 0 Å². The summed E-state index contributed by atoms with van der Waals surface area (Å²) < 4.78 is 26.8. The molecule has 1 aromatic rings. The Kier molecular flexibility index (Phi) is 4.19. The van der Waals surface area contributed by atoms with Crippen LogP contribution in [-0.2, 0) is 4.79 Å². The second-order valence-corrected chi connectivity index (χ2v) is 6.77. The first kappa shape index (κ1) is 16.7. The molecule has 2 fully saturated rings. The number of nitrogens with one attached hydrogen (secondary N) is 1. The monoisotopic (exact) mass is 338 g/mol. The number of carbonyl (C=O) groups is 2. The summed E-state index contributed by atoms with van der Waals surface area (Å²) in [5.41, 5.74) is -0.654. The van der Waals surface area contributed by atoms with E-state index in [1.165, 1.54) is 11.0 Å². The predicted molar refractivity (Wildman–Crippen MR) is 82.3 cm³/mol. The SMILES string of the molecule is CC(NC(=O)N1C[C@@H]2CCC[C@@]2(C(=O)O)C1)c1ccc(F)cc1F. The molecule has 2 N–H and O–H groups in total. The van der Waals surface area contributed by atoms with E-state index in [2.05, 4.69) is 5.32 Å². The largest absolute Gasteiger partial charge is 0.481 e. The van der Waals surface area contributed by atoms with Crippen molar-refractivity contribution in [2.45, 2.75) is 32.2 Å². The van der Waals surface area contributed by atoms with Gasteiger partial charge in [0.1, 0.15) is 11.6 Å². The number of halogens is 2. The fourth-order valence-corrected chi connectivity index (χ4v) is 4.00. The molecule has 7 heteroatoms. The van der Waals surface area contributed by atoms with Crippen LogP contribution in [0.15, 0.2) is 18.2 Å². The Bertz CT molecular complexity index is 682.